The highest BCUT2D eigenvalue weighted by Crippen LogP contribution is 2.24. The van der Waals surface area contributed by atoms with E-state index in [0.717, 1.165) is 16.6 Å². The van der Waals surface area contributed by atoms with Gasteiger partial charge in [0, 0.05) is 24.2 Å². The average Bonchev–Trinajstić information content (AvgIpc) is 3.42. The fraction of sp³-hybridized carbons (Fsp3) is 0.136. The third-order valence-electron chi connectivity index (χ3n) is 5.03. The van der Waals surface area contributed by atoms with Gasteiger partial charge in [-0.3, -0.25) is 4.79 Å². The molecule has 5 rings (SSSR count). The van der Waals surface area contributed by atoms with Crippen LogP contribution in [-0.2, 0) is 11.3 Å². The quantitative estimate of drug-likeness (QED) is 0.210. The molecule has 0 aliphatic carbocycles. The van der Waals surface area contributed by atoms with Gasteiger partial charge in [0.1, 0.15) is 12.3 Å². The van der Waals surface area contributed by atoms with Crippen LogP contribution in [0.5, 0.6) is 5.75 Å². The zero-order valence-corrected chi connectivity index (χ0v) is 17.4. The van der Waals surface area contributed by atoms with E-state index in [0.29, 0.717) is 36.0 Å². The molecule has 11 nitrogen and oxygen atoms in total. The molecule has 0 saturated heterocycles. The van der Waals surface area contributed by atoms with E-state index < -0.39 is 5.97 Å². The molecule has 0 radical (unpaired) electrons. The number of carbonyl (C=O) groups is 1. The predicted molar refractivity (Wildman–Crippen MR) is 123 cm³/mol. The Morgan fingerprint density at radius 3 is 2.61 bits per heavy atom. The number of benzene rings is 2. The second-order valence-corrected chi connectivity index (χ2v) is 7.32. The molecule has 0 bridgehead atoms. The number of hydrogen-bond acceptors (Lipinski definition) is 8. The molecule has 5 aromatic rings. The lowest BCUT2D eigenvalue weighted by Crippen LogP contribution is -2.16. The zero-order valence-electron chi connectivity index (χ0n) is 17.4. The number of aromatic nitrogens is 6. The van der Waals surface area contributed by atoms with Crippen molar-refractivity contribution in [3.8, 4) is 11.6 Å². The number of carboxylic acid groups (broad SMARTS) is 1. The van der Waals surface area contributed by atoms with E-state index in [4.69, 9.17) is 0 Å². The molecule has 0 unspecified atom stereocenters. The molecule has 0 spiro atoms. The van der Waals surface area contributed by atoms with Crippen LogP contribution >= 0.6 is 0 Å². The van der Waals surface area contributed by atoms with Crippen LogP contribution in [0.1, 0.15) is 0 Å². The number of rotatable bonds is 8. The molecular weight excluding hydrogens is 424 g/mol. The summed E-state index contributed by atoms with van der Waals surface area (Å²) in [5.41, 5.74) is 2.58. The van der Waals surface area contributed by atoms with Crippen molar-refractivity contribution in [1.82, 2.24) is 29.3 Å². The van der Waals surface area contributed by atoms with Gasteiger partial charge < -0.3 is 25.4 Å². The van der Waals surface area contributed by atoms with E-state index >= 15 is 0 Å². The van der Waals surface area contributed by atoms with Gasteiger partial charge in [-0.05, 0) is 30.3 Å². The van der Waals surface area contributed by atoms with Gasteiger partial charge in [0.25, 0.3) is 0 Å². The van der Waals surface area contributed by atoms with Crippen LogP contribution in [0.15, 0.2) is 61.1 Å². The van der Waals surface area contributed by atoms with Crippen molar-refractivity contribution in [3.63, 3.8) is 0 Å². The fourth-order valence-corrected chi connectivity index (χ4v) is 3.52. The number of imidazole rings is 1. The molecule has 11 heteroatoms. The van der Waals surface area contributed by atoms with Crippen molar-refractivity contribution < 1.29 is 15.0 Å². The van der Waals surface area contributed by atoms with Gasteiger partial charge in [-0.25, -0.2) is 9.67 Å². The minimum absolute atomic E-state index is 0.206. The first-order valence-electron chi connectivity index (χ1n) is 10.2. The molecule has 0 saturated carbocycles. The zero-order chi connectivity index (χ0) is 22.8. The summed E-state index contributed by atoms with van der Waals surface area (Å²) < 4.78 is 3.14. The molecule has 33 heavy (non-hydrogen) atoms. The number of phenols is 1. The van der Waals surface area contributed by atoms with E-state index in [9.17, 15) is 15.0 Å². The summed E-state index contributed by atoms with van der Waals surface area (Å²) in [6, 6.07) is 14.5. The van der Waals surface area contributed by atoms with Crippen LogP contribution in [0, 0.1) is 0 Å². The van der Waals surface area contributed by atoms with Gasteiger partial charge in [0.15, 0.2) is 17.0 Å². The highest BCUT2D eigenvalue weighted by Gasteiger charge is 2.18. The number of hydrogen-bond donors (Lipinski definition) is 4. The van der Waals surface area contributed by atoms with Gasteiger partial charge in [0.2, 0.25) is 5.95 Å². The Hall–Kier alpha value is -4.67. The molecule has 0 amide bonds. The lowest BCUT2D eigenvalue weighted by molar-refractivity contribution is -0.137. The standard InChI is InChI=1S/C22H20N8O3/c31-16-7-5-15(6-8-16)23-9-10-24-22-27-20-19(25-13-29(20)12-18(32)33)21(28-22)30-17-4-2-1-3-14(17)11-26-30/h1-8,11,13,23,31H,9-10,12H2,(H,32,33)(H,24,27,28). The number of aromatic hydroxyl groups is 1. The molecule has 0 fully saturated rings. The Balaban J connectivity index is 1.46. The summed E-state index contributed by atoms with van der Waals surface area (Å²) in [6.45, 7) is 0.800. The number of phenolic OH excluding ortho intramolecular Hbond substituents is 1. The largest absolute Gasteiger partial charge is 0.508 e. The smallest absolute Gasteiger partial charge is 0.323 e. The first kappa shape index (κ1) is 20.2. The molecular formula is C22H20N8O3. The van der Waals surface area contributed by atoms with Crippen LogP contribution < -0.4 is 10.6 Å². The highest BCUT2D eigenvalue weighted by molar-refractivity contribution is 5.86. The van der Waals surface area contributed by atoms with Gasteiger partial charge in [0.05, 0.1) is 18.0 Å². The molecule has 2 aromatic carbocycles. The van der Waals surface area contributed by atoms with Crippen molar-refractivity contribution in [2.75, 3.05) is 23.7 Å². The van der Waals surface area contributed by atoms with E-state index in [1.807, 2.05) is 24.3 Å². The number of nitrogens with zero attached hydrogens (tertiary/aromatic N) is 6. The molecule has 0 aliphatic rings. The van der Waals surface area contributed by atoms with Crippen molar-refractivity contribution in [3.05, 3.63) is 61.1 Å². The Morgan fingerprint density at radius 2 is 1.79 bits per heavy atom. The number of anilines is 2. The van der Waals surface area contributed by atoms with E-state index in [-0.39, 0.29) is 12.3 Å². The molecule has 166 valence electrons. The molecule has 4 N–H and O–H groups in total. The van der Waals surface area contributed by atoms with Crippen LogP contribution in [-0.4, -0.2) is 58.6 Å². The van der Waals surface area contributed by atoms with E-state index in [1.54, 1.807) is 35.1 Å². The first-order valence-corrected chi connectivity index (χ1v) is 10.2. The maximum absolute atomic E-state index is 11.3. The summed E-state index contributed by atoms with van der Waals surface area (Å²) in [5, 5.41) is 30.5. The van der Waals surface area contributed by atoms with E-state index in [1.165, 1.54) is 10.9 Å². The maximum Gasteiger partial charge on any atom is 0.323 e. The number of fused-ring (bicyclic) bond motifs is 2. The van der Waals surface area contributed by atoms with Gasteiger partial charge in [-0.15, -0.1) is 0 Å². The summed E-state index contributed by atoms with van der Waals surface area (Å²) >= 11 is 0. The molecule has 3 aromatic heterocycles. The summed E-state index contributed by atoms with van der Waals surface area (Å²) in [7, 11) is 0. The van der Waals surface area contributed by atoms with Gasteiger partial charge in [-0.1, -0.05) is 18.2 Å². The second kappa shape index (κ2) is 8.46. The minimum atomic E-state index is -0.994. The van der Waals surface area contributed by atoms with Crippen LogP contribution in [0.2, 0.25) is 0 Å². The third-order valence-corrected chi connectivity index (χ3v) is 5.03. The highest BCUT2D eigenvalue weighted by atomic mass is 16.4. The number of para-hydroxylation sites is 1. The van der Waals surface area contributed by atoms with Crippen molar-refractivity contribution in [2.45, 2.75) is 6.54 Å². The minimum Gasteiger partial charge on any atom is -0.508 e. The number of nitrogens with one attached hydrogen (secondary N) is 2. The monoisotopic (exact) mass is 444 g/mol. The normalized spacial score (nSPS) is 11.2. The summed E-state index contributed by atoms with van der Waals surface area (Å²) in [6.07, 6.45) is 3.19. The lowest BCUT2D eigenvalue weighted by Gasteiger charge is -2.11. The number of aliphatic carboxylic acids is 1. The first-order chi connectivity index (χ1) is 16.1. The van der Waals surface area contributed by atoms with Gasteiger partial charge in [-0.2, -0.15) is 15.1 Å². The van der Waals surface area contributed by atoms with Crippen LogP contribution in [0.3, 0.4) is 0 Å². The van der Waals surface area contributed by atoms with Crippen LogP contribution in [0.4, 0.5) is 11.6 Å². The van der Waals surface area contributed by atoms with Crippen molar-refractivity contribution in [1.29, 1.82) is 0 Å². The molecule has 0 atom stereocenters. The Bertz CT molecular complexity index is 1440. The number of carboxylic acids is 1. The maximum atomic E-state index is 11.3. The Kier molecular flexibility index (Phi) is 5.19. The topological polar surface area (TPSA) is 143 Å². The Labute approximate surface area is 187 Å². The molecule has 3 heterocycles. The second-order valence-electron chi connectivity index (χ2n) is 7.32. The van der Waals surface area contributed by atoms with Crippen LogP contribution in [0.25, 0.3) is 27.9 Å². The Morgan fingerprint density at radius 1 is 1.00 bits per heavy atom. The molecule has 0 aliphatic heterocycles. The fourth-order valence-electron chi connectivity index (χ4n) is 3.52. The van der Waals surface area contributed by atoms with Crippen molar-refractivity contribution >= 4 is 39.7 Å². The van der Waals surface area contributed by atoms with E-state index in [2.05, 4.69) is 30.7 Å². The third kappa shape index (κ3) is 4.11. The van der Waals surface area contributed by atoms with Crippen molar-refractivity contribution in [2.24, 2.45) is 0 Å². The SMILES string of the molecule is O=C(O)Cn1cnc2c(-n3ncc4ccccc43)nc(NCCNc3ccc(O)cc3)nc21. The summed E-state index contributed by atoms with van der Waals surface area (Å²) in [4.78, 5) is 24.8. The average molecular weight is 444 g/mol. The van der Waals surface area contributed by atoms with Gasteiger partial charge >= 0.3 is 5.97 Å². The predicted octanol–water partition coefficient (Wildman–Crippen LogP) is 2.48. The lowest BCUT2D eigenvalue weighted by atomic mass is 10.2. The summed E-state index contributed by atoms with van der Waals surface area (Å²) in [5.74, 6) is -0.000286.